The van der Waals surface area contributed by atoms with E-state index < -0.39 is 0 Å². The van der Waals surface area contributed by atoms with Gasteiger partial charge in [0, 0.05) is 23.7 Å². The maximum absolute atomic E-state index is 14.7. The van der Waals surface area contributed by atoms with Crippen LogP contribution in [0.25, 0.3) is 0 Å². The molecule has 7 rings (SSSR count). The van der Waals surface area contributed by atoms with E-state index in [0.717, 1.165) is 78.6 Å². The number of aliphatic imine (C=N–C) groups is 1. The van der Waals surface area contributed by atoms with E-state index in [0.29, 0.717) is 12.5 Å². The molecule has 0 bridgehead atoms. The van der Waals surface area contributed by atoms with Crippen molar-refractivity contribution in [3.63, 3.8) is 0 Å². The van der Waals surface area contributed by atoms with Gasteiger partial charge >= 0.3 is 6.03 Å². The molecule has 3 aliphatic rings. The molecular formula is C38H40N6O. The number of hydrogen-bond donors (Lipinski definition) is 2. The molecule has 0 saturated heterocycles. The molecule has 1 fully saturated rings. The highest BCUT2D eigenvalue weighted by molar-refractivity contribution is 6.13. The summed E-state index contributed by atoms with van der Waals surface area (Å²) in [4.78, 5) is 21.0. The Morgan fingerprint density at radius 3 is 2.29 bits per heavy atom. The molecule has 1 saturated carbocycles. The fourth-order valence-electron chi connectivity index (χ4n) is 6.71. The minimum atomic E-state index is -0.145. The molecule has 0 radical (unpaired) electrons. The third kappa shape index (κ3) is 6.48. The molecule has 4 aromatic rings. The van der Waals surface area contributed by atoms with Crippen LogP contribution in [0.1, 0.15) is 54.4 Å². The molecule has 4 aromatic carbocycles. The van der Waals surface area contributed by atoms with Crippen molar-refractivity contribution in [2.45, 2.75) is 51.5 Å². The number of hydrazone groups is 1. The lowest BCUT2D eigenvalue weighted by Crippen LogP contribution is -2.37. The zero-order valence-electron chi connectivity index (χ0n) is 25.7. The Morgan fingerprint density at radius 2 is 1.51 bits per heavy atom. The topological polar surface area (TPSA) is 72.3 Å². The van der Waals surface area contributed by atoms with Gasteiger partial charge in [0.15, 0.2) is 5.96 Å². The summed E-state index contributed by atoms with van der Waals surface area (Å²) in [6, 6.07) is 35.2. The molecule has 0 spiro atoms. The molecule has 0 unspecified atom stereocenters. The normalized spacial score (nSPS) is 16.8. The van der Waals surface area contributed by atoms with Gasteiger partial charge in [-0.2, -0.15) is 5.10 Å². The van der Waals surface area contributed by atoms with Crippen LogP contribution in [-0.2, 0) is 19.4 Å². The summed E-state index contributed by atoms with van der Waals surface area (Å²) in [5.41, 5.74) is 8.38. The lowest BCUT2D eigenvalue weighted by Gasteiger charge is -2.27. The Hall–Kier alpha value is -4.91. The van der Waals surface area contributed by atoms with E-state index in [1.807, 2.05) is 35.2 Å². The van der Waals surface area contributed by atoms with Gasteiger partial charge in [0.2, 0.25) is 0 Å². The summed E-state index contributed by atoms with van der Waals surface area (Å²) in [5, 5.41) is 13.6. The summed E-state index contributed by atoms with van der Waals surface area (Å²) in [5.74, 6) is 1.11. The van der Waals surface area contributed by atoms with Gasteiger partial charge in [0.1, 0.15) is 0 Å². The minimum Gasteiger partial charge on any atom is -0.354 e. The molecule has 0 aromatic heterocycles. The molecule has 2 N–H and O–H groups in total. The zero-order valence-corrected chi connectivity index (χ0v) is 25.7. The van der Waals surface area contributed by atoms with Crippen LogP contribution in [0.3, 0.4) is 0 Å². The monoisotopic (exact) mass is 596 g/mol. The number of aryl methyl sites for hydroxylation is 2. The van der Waals surface area contributed by atoms with Gasteiger partial charge < -0.3 is 10.6 Å². The summed E-state index contributed by atoms with van der Waals surface area (Å²) in [6.45, 7) is 2.03. The van der Waals surface area contributed by atoms with Crippen molar-refractivity contribution < 1.29 is 4.79 Å². The zero-order chi connectivity index (χ0) is 30.4. The van der Waals surface area contributed by atoms with Gasteiger partial charge in [0.25, 0.3) is 0 Å². The number of fused-ring (bicyclic) bond motifs is 1. The number of benzene rings is 4. The van der Waals surface area contributed by atoms with Gasteiger partial charge in [-0.25, -0.2) is 9.80 Å². The number of para-hydroxylation sites is 1. The lowest BCUT2D eigenvalue weighted by atomic mass is 9.83. The van der Waals surface area contributed by atoms with E-state index in [1.54, 1.807) is 5.01 Å². The van der Waals surface area contributed by atoms with E-state index in [9.17, 15) is 4.79 Å². The molecule has 2 aliphatic heterocycles. The molecule has 0 atom stereocenters. The maximum atomic E-state index is 14.7. The van der Waals surface area contributed by atoms with Crippen molar-refractivity contribution in [3.05, 3.63) is 125 Å². The van der Waals surface area contributed by atoms with E-state index in [1.165, 1.54) is 30.4 Å². The van der Waals surface area contributed by atoms with Crippen molar-refractivity contribution in [1.82, 2.24) is 10.3 Å². The van der Waals surface area contributed by atoms with Crippen molar-refractivity contribution in [3.8, 4) is 0 Å². The predicted octanol–water partition coefficient (Wildman–Crippen LogP) is 7.90. The molecule has 2 heterocycles. The molecule has 1 aliphatic carbocycles. The van der Waals surface area contributed by atoms with Crippen molar-refractivity contribution >= 4 is 34.8 Å². The summed E-state index contributed by atoms with van der Waals surface area (Å²) in [6.07, 6.45) is 7.70. The number of amides is 2. The Kier molecular flexibility index (Phi) is 8.58. The summed E-state index contributed by atoms with van der Waals surface area (Å²) < 4.78 is 0. The second-order valence-electron chi connectivity index (χ2n) is 12.1. The standard InChI is InChI=1S/C38H40N6O/c45-38-43(27-31-16-8-7-13-29(31)20-19-28-11-3-1-4-12-28)42-36(30-14-5-2-6-15-30)34-17-9-10-18-35(34)44(38)33-23-21-32(22-24-33)41-37-39-25-26-40-37/h1,3-4,7-13,16-18,21-24,30H,2,5-6,14-15,19-20,25-27H2,(H2,39,40,41). The first kappa shape index (κ1) is 28.8. The summed E-state index contributed by atoms with van der Waals surface area (Å²) in [7, 11) is 0. The number of carbonyl (C=O) groups excluding carboxylic acids is 1. The third-order valence-corrected chi connectivity index (χ3v) is 9.08. The van der Waals surface area contributed by atoms with Gasteiger partial charge in [0.05, 0.1) is 30.2 Å². The Labute approximate surface area is 265 Å². The second-order valence-corrected chi connectivity index (χ2v) is 12.1. The van der Waals surface area contributed by atoms with Crippen LogP contribution < -0.4 is 15.5 Å². The Balaban J connectivity index is 1.24. The van der Waals surface area contributed by atoms with E-state index in [-0.39, 0.29) is 6.03 Å². The Morgan fingerprint density at radius 1 is 0.778 bits per heavy atom. The average molecular weight is 597 g/mol. The predicted molar refractivity (Wildman–Crippen MR) is 183 cm³/mol. The third-order valence-electron chi connectivity index (χ3n) is 9.08. The quantitative estimate of drug-likeness (QED) is 0.217. The largest absolute Gasteiger partial charge is 0.354 e. The number of anilines is 3. The minimum absolute atomic E-state index is 0.145. The number of urea groups is 1. The van der Waals surface area contributed by atoms with E-state index in [2.05, 4.69) is 88.4 Å². The van der Waals surface area contributed by atoms with Crippen LogP contribution in [0.2, 0.25) is 0 Å². The number of guanidine groups is 1. The number of hydrogen-bond acceptors (Lipinski definition) is 5. The second kappa shape index (κ2) is 13.4. The fraction of sp³-hybridized carbons (Fsp3) is 0.289. The van der Waals surface area contributed by atoms with Gasteiger partial charge in [-0.1, -0.05) is 92.1 Å². The maximum Gasteiger partial charge on any atom is 0.349 e. The number of nitrogens with one attached hydrogen (secondary N) is 2. The molecule has 2 amide bonds. The molecule has 7 heteroatoms. The van der Waals surface area contributed by atoms with E-state index in [4.69, 9.17) is 5.10 Å². The molecule has 228 valence electrons. The van der Waals surface area contributed by atoms with Crippen LogP contribution in [-0.4, -0.2) is 35.8 Å². The molecule has 45 heavy (non-hydrogen) atoms. The number of nitrogens with zero attached hydrogens (tertiary/aromatic N) is 4. The SMILES string of the molecule is O=C1N(Cc2ccccc2CCc2ccccc2)N=C(C2CCCCC2)c2ccccc2N1c1ccc(NC2=NCCN2)cc1. The van der Waals surface area contributed by atoms with E-state index >= 15 is 0 Å². The van der Waals surface area contributed by atoms with Crippen molar-refractivity contribution in [2.24, 2.45) is 16.0 Å². The fourth-order valence-corrected chi connectivity index (χ4v) is 6.71. The van der Waals surface area contributed by atoms with Gasteiger partial charge in [-0.3, -0.25) is 9.89 Å². The molecule has 7 nitrogen and oxygen atoms in total. The first-order valence-corrected chi connectivity index (χ1v) is 16.3. The van der Waals surface area contributed by atoms with Crippen LogP contribution in [0.4, 0.5) is 21.9 Å². The highest BCUT2D eigenvalue weighted by Crippen LogP contribution is 2.38. The lowest BCUT2D eigenvalue weighted by molar-refractivity contribution is 0.207. The van der Waals surface area contributed by atoms with Gasteiger partial charge in [-0.15, -0.1) is 0 Å². The number of rotatable bonds is 8. The molecular weight excluding hydrogens is 556 g/mol. The summed E-state index contributed by atoms with van der Waals surface area (Å²) >= 11 is 0. The Bertz CT molecular complexity index is 1690. The van der Waals surface area contributed by atoms with Crippen LogP contribution in [0.15, 0.2) is 113 Å². The average Bonchev–Trinajstić information content (AvgIpc) is 3.57. The number of carbonyl (C=O) groups is 1. The van der Waals surface area contributed by atoms with Crippen LogP contribution in [0.5, 0.6) is 0 Å². The van der Waals surface area contributed by atoms with Crippen LogP contribution in [0, 0.1) is 5.92 Å². The first-order valence-electron chi connectivity index (χ1n) is 16.3. The van der Waals surface area contributed by atoms with Crippen LogP contribution >= 0.6 is 0 Å². The van der Waals surface area contributed by atoms with Gasteiger partial charge in [-0.05, 0) is 72.7 Å². The highest BCUT2D eigenvalue weighted by atomic mass is 16.2. The highest BCUT2D eigenvalue weighted by Gasteiger charge is 2.34. The van der Waals surface area contributed by atoms with Crippen molar-refractivity contribution in [1.29, 1.82) is 0 Å². The first-order chi connectivity index (χ1) is 22.2. The van der Waals surface area contributed by atoms with Crippen molar-refractivity contribution in [2.75, 3.05) is 23.3 Å². The smallest absolute Gasteiger partial charge is 0.349 e.